The normalized spacial score (nSPS) is 16.0. The largest absolute Gasteiger partial charge is 0.338 e. The van der Waals surface area contributed by atoms with E-state index in [2.05, 4.69) is 5.32 Å². The SMILES string of the molecule is CCCN(CC1CCNCC1)C(=O)c1cccc(Cl)c1F. The van der Waals surface area contributed by atoms with E-state index < -0.39 is 5.82 Å². The molecule has 0 aliphatic carbocycles. The summed E-state index contributed by atoms with van der Waals surface area (Å²) in [4.78, 5) is 14.4. The highest BCUT2D eigenvalue weighted by atomic mass is 35.5. The maximum Gasteiger partial charge on any atom is 0.256 e. The molecule has 1 aliphatic heterocycles. The van der Waals surface area contributed by atoms with Crippen molar-refractivity contribution in [3.63, 3.8) is 0 Å². The van der Waals surface area contributed by atoms with Crippen LogP contribution in [0, 0.1) is 11.7 Å². The van der Waals surface area contributed by atoms with E-state index in [-0.39, 0.29) is 16.5 Å². The third-order valence-electron chi connectivity index (χ3n) is 3.90. The lowest BCUT2D eigenvalue weighted by Crippen LogP contribution is -2.40. The second-order valence-corrected chi connectivity index (χ2v) is 5.95. The van der Waals surface area contributed by atoms with E-state index in [0.29, 0.717) is 19.0 Å². The van der Waals surface area contributed by atoms with Gasteiger partial charge in [-0.05, 0) is 50.4 Å². The number of piperidine rings is 1. The Morgan fingerprint density at radius 2 is 2.14 bits per heavy atom. The van der Waals surface area contributed by atoms with Crippen molar-refractivity contribution in [3.8, 4) is 0 Å². The summed E-state index contributed by atoms with van der Waals surface area (Å²) in [6.45, 7) is 5.35. The van der Waals surface area contributed by atoms with Gasteiger partial charge in [0.25, 0.3) is 5.91 Å². The summed E-state index contributed by atoms with van der Waals surface area (Å²) in [6.07, 6.45) is 2.98. The number of nitrogens with one attached hydrogen (secondary N) is 1. The maximum atomic E-state index is 14.0. The number of carbonyl (C=O) groups is 1. The van der Waals surface area contributed by atoms with Gasteiger partial charge >= 0.3 is 0 Å². The van der Waals surface area contributed by atoms with Crippen LogP contribution in [-0.2, 0) is 0 Å². The first-order valence-electron chi connectivity index (χ1n) is 7.57. The molecule has 2 rings (SSSR count). The minimum atomic E-state index is -0.615. The van der Waals surface area contributed by atoms with Gasteiger partial charge < -0.3 is 10.2 Å². The van der Waals surface area contributed by atoms with Gasteiger partial charge in [0.15, 0.2) is 5.82 Å². The van der Waals surface area contributed by atoms with Crippen molar-refractivity contribution in [2.45, 2.75) is 26.2 Å². The van der Waals surface area contributed by atoms with Crippen molar-refractivity contribution in [3.05, 3.63) is 34.6 Å². The molecular weight excluding hydrogens is 291 g/mol. The zero-order valence-corrected chi connectivity index (χ0v) is 13.1. The molecule has 0 unspecified atom stereocenters. The molecule has 1 fully saturated rings. The molecule has 0 atom stereocenters. The van der Waals surface area contributed by atoms with Crippen LogP contribution in [0.3, 0.4) is 0 Å². The Balaban J connectivity index is 2.12. The number of hydrogen-bond acceptors (Lipinski definition) is 2. The Labute approximate surface area is 130 Å². The standard InChI is InChI=1S/C16H22ClFN2O/c1-2-10-20(11-12-6-8-19-9-7-12)16(21)13-4-3-5-14(17)15(13)18/h3-5,12,19H,2,6-11H2,1H3. The summed E-state index contributed by atoms with van der Waals surface area (Å²) in [5, 5.41) is 3.32. The molecule has 1 heterocycles. The molecule has 3 nitrogen and oxygen atoms in total. The van der Waals surface area contributed by atoms with Gasteiger partial charge in [0.05, 0.1) is 10.6 Å². The molecular formula is C16H22ClFN2O. The van der Waals surface area contributed by atoms with Gasteiger partial charge in [0.1, 0.15) is 0 Å². The fraction of sp³-hybridized carbons (Fsp3) is 0.562. The number of amides is 1. The lowest BCUT2D eigenvalue weighted by atomic mass is 9.97. The van der Waals surface area contributed by atoms with Crippen LogP contribution in [0.5, 0.6) is 0 Å². The summed E-state index contributed by atoms with van der Waals surface area (Å²) < 4.78 is 14.0. The molecule has 0 spiro atoms. The van der Waals surface area contributed by atoms with Crippen molar-refractivity contribution >= 4 is 17.5 Å². The van der Waals surface area contributed by atoms with E-state index in [0.717, 1.165) is 32.4 Å². The van der Waals surface area contributed by atoms with Crippen LogP contribution in [0.2, 0.25) is 5.02 Å². The van der Waals surface area contributed by atoms with E-state index in [4.69, 9.17) is 11.6 Å². The average Bonchev–Trinajstić information content (AvgIpc) is 2.50. The average molecular weight is 313 g/mol. The maximum absolute atomic E-state index is 14.0. The first-order valence-corrected chi connectivity index (χ1v) is 7.95. The van der Waals surface area contributed by atoms with E-state index in [1.807, 2.05) is 6.92 Å². The monoisotopic (exact) mass is 312 g/mol. The molecule has 1 saturated heterocycles. The molecule has 1 amide bonds. The quantitative estimate of drug-likeness (QED) is 0.904. The van der Waals surface area contributed by atoms with Crippen molar-refractivity contribution < 1.29 is 9.18 Å². The van der Waals surface area contributed by atoms with Crippen molar-refractivity contribution in [2.75, 3.05) is 26.2 Å². The molecule has 0 radical (unpaired) electrons. The van der Waals surface area contributed by atoms with Gasteiger partial charge in [-0.2, -0.15) is 0 Å². The van der Waals surface area contributed by atoms with Crippen LogP contribution in [0.1, 0.15) is 36.5 Å². The number of rotatable bonds is 5. The Kier molecular flexibility index (Phi) is 6.00. The van der Waals surface area contributed by atoms with E-state index in [1.54, 1.807) is 11.0 Å². The van der Waals surface area contributed by atoms with E-state index in [1.165, 1.54) is 12.1 Å². The Bertz CT molecular complexity index is 489. The first kappa shape index (κ1) is 16.2. The second-order valence-electron chi connectivity index (χ2n) is 5.55. The zero-order valence-electron chi connectivity index (χ0n) is 12.4. The summed E-state index contributed by atoms with van der Waals surface area (Å²) in [5.74, 6) is -0.380. The molecule has 0 saturated carbocycles. The van der Waals surface area contributed by atoms with Gasteiger partial charge in [-0.15, -0.1) is 0 Å². The molecule has 0 bridgehead atoms. The third kappa shape index (κ3) is 4.17. The van der Waals surface area contributed by atoms with Crippen LogP contribution in [0.4, 0.5) is 4.39 Å². The lowest BCUT2D eigenvalue weighted by molar-refractivity contribution is 0.0711. The number of nitrogens with zero attached hydrogens (tertiary/aromatic N) is 1. The van der Waals surface area contributed by atoms with Crippen LogP contribution < -0.4 is 5.32 Å². The zero-order chi connectivity index (χ0) is 15.2. The number of carbonyl (C=O) groups excluding carboxylic acids is 1. The predicted octanol–water partition coefficient (Wildman–Crippen LogP) is 3.33. The topological polar surface area (TPSA) is 32.3 Å². The van der Waals surface area contributed by atoms with E-state index >= 15 is 0 Å². The van der Waals surface area contributed by atoms with Crippen molar-refractivity contribution in [2.24, 2.45) is 5.92 Å². The van der Waals surface area contributed by atoms with Crippen LogP contribution in [0.15, 0.2) is 18.2 Å². The van der Waals surface area contributed by atoms with Gasteiger partial charge in [-0.3, -0.25) is 4.79 Å². The molecule has 1 aromatic rings. The molecule has 1 N–H and O–H groups in total. The predicted molar refractivity (Wildman–Crippen MR) is 83.2 cm³/mol. The van der Waals surface area contributed by atoms with E-state index in [9.17, 15) is 9.18 Å². The highest BCUT2D eigenvalue weighted by molar-refractivity contribution is 6.31. The Morgan fingerprint density at radius 3 is 2.81 bits per heavy atom. The van der Waals surface area contributed by atoms with Crippen LogP contribution >= 0.6 is 11.6 Å². The fourth-order valence-electron chi connectivity index (χ4n) is 2.76. The smallest absolute Gasteiger partial charge is 0.256 e. The Morgan fingerprint density at radius 1 is 1.43 bits per heavy atom. The van der Waals surface area contributed by atoms with Gasteiger partial charge in [-0.25, -0.2) is 4.39 Å². The molecule has 116 valence electrons. The summed E-state index contributed by atoms with van der Waals surface area (Å²) >= 11 is 5.78. The minimum absolute atomic E-state index is 0.000773. The fourth-order valence-corrected chi connectivity index (χ4v) is 2.94. The highest BCUT2D eigenvalue weighted by Gasteiger charge is 2.23. The lowest BCUT2D eigenvalue weighted by Gasteiger charge is -2.30. The first-order chi connectivity index (χ1) is 10.1. The number of halogens is 2. The minimum Gasteiger partial charge on any atom is -0.338 e. The summed E-state index contributed by atoms with van der Waals surface area (Å²) in [7, 11) is 0. The number of benzene rings is 1. The van der Waals surface area contributed by atoms with Gasteiger partial charge in [0.2, 0.25) is 0 Å². The summed E-state index contributed by atoms with van der Waals surface area (Å²) in [6, 6.07) is 4.59. The molecule has 21 heavy (non-hydrogen) atoms. The molecule has 0 aromatic heterocycles. The van der Waals surface area contributed by atoms with Crippen LogP contribution in [-0.4, -0.2) is 37.0 Å². The van der Waals surface area contributed by atoms with Gasteiger partial charge in [0, 0.05) is 13.1 Å². The molecule has 1 aliphatic rings. The second kappa shape index (κ2) is 7.76. The van der Waals surface area contributed by atoms with Gasteiger partial charge in [-0.1, -0.05) is 24.6 Å². The third-order valence-corrected chi connectivity index (χ3v) is 4.19. The molecule has 5 heteroatoms. The Hall–Kier alpha value is -1.13. The number of hydrogen-bond donors (Lipinski definition) is 1. The summed E-state index contributed by atoms with van der Waals surface area (Å²) in [5.41, 5.74) is 0.0740. The molecule has 1 aromatic carbocycles. The van der Waals surface area contributed by atoms with Crippen molar-refractivity contribution in [1.29, 1.82) is 0 Å². The highest BCUT2D eigenvalue weighted by Crippen LogP contribution is 2.21. The van der Waals surface area contributed by atoms with Crippen LogP contribution in [0.25, 0.3) is 0 Å². The van der Waals surface area contributed by atoms with Crippen molar-refractivity contribution in [1.82, 2.24) is 10.2 Å².